The van der Waals surface area contributed by atoms with E-state index in [0.29, 0.717) is 25.5 Å². The number of hydrogen-bond donors (Lipinski definition) is 0. The minimum absolute atomic E-state index is 0.00510. The Kier molecular flexibility index (Phi) is 3.93. The van der Waals surface area contributed by atoms with Crippen LogP contribution in [0.15, 0.2) is 18.6 Å². The summed E-state index contributed by atoms with van der Waals surface area (Å²) in [7, 11) is 0. The Hall–Kier alpha value is -1.53. The van der Waals surface area contributed by atoms with Gasteiger partial charge in [-0.3, -0.25) is 4.79 Å². The molecule has 108 valence electrons. The largest absolute Gasteiger partial charge is 0.376 e. The van der Waals surface area contributed by atoms with Gasteiger partial charge in [-0.1, -0.05) is 0 Å². The second-order valence-corrected chi connectivity index (χ2v) is 5.07. The van der Waals surface area contributed by atoms with Gasteiger partial charge in [-0.05, 0) is 25.8 Å². The molecule has 0 unspecified atom stereocenters. The van der Waals surface area contributed by atoms with E-state index >= 15 is 0 Å². The molecule has 2 fully saturated rings. The molecule has 6 nitrogen and oxygen atoms in total. The van der Waals surface area contributed by atoms with E-state index in [2.05, 4.69) is 9.97 Å². The Morgan fingerprint density at radius 3 is 3.20 bits per heavy atom. The highest BCUT2D eigenvalue weighted by atomic mass is 16.5. The third kappa shape index (κ3) is 2.41. The molecule has 2 aliphatic rings. The van der Waals surface area contributed by atoms with Gasteiger partial charge in [-0.25, -0.2) is 9.97 Å². The molecule has 1 saturated carbocycles. The van der Waals surface area contributed by atoms with Gasteiger partial charge >= 0.3 is 0 Å². The molecule has 1 aromatic heterocycles. The van der Waals surface area contributed by atoms with Crippen LogP contribution in [0.5, 0.6) is 0 Å². The molecule has 3 atom stereocenters. The third-order valence-electron chi connectivity index (χ3n) is 3.98. The predicted octanol–water partition coefficient (Wildman–Crippen LogP) is 0.885. The minimum atomic E-state index is -0.0390. The number of nitrogens with zero attached hydrogens (tertiary/aromatic N) is 3. The van der Waals surface area contributed by atoms with Crippen molar-refractivity contribution in [2.24, 2.45) is 0 Å². The molecule has 3 rings (SSSR count). The maximum Gasteiger partial charge on any atom is 0.272 e. The van der Waals surface area contributed by atoms with Crippen LogP contribution in [0.3, 0.4) is 0 Å². The zero-order chi connectivity index (χ0) is 13.9. The number of ether oxygens (including phenoxy) is 2. The van der Waals surface area contributed by atoms with Crippen molar-refractivity contribution in [3.8, 4) is 0 Å². The number of amides is 1. The van der Waals surface area contributed by atoms with Gasteiger partial charge in [-0.15, -0.1) is 0 Å². The van der Waals surface area contributed by atoms with Gasteiger partial charge < -0.3 is 14.4 Å². The lowest BCUT2D eigenvalue weighted by Gasteiger charge is -2.38. The van der Waals surface area contributed by atoms with Crippen LogP contribution < -0.4 is 0 Å². The van der Waals surface area contributed by atoms with E-state index in [-0.39, 0.29) is 24.2 Å². The van der Waals surface area contributed by atoms with Gasteiger partial charge in [0, 0.05) is 19.3 Å². The highest BCUT2D eigenvalue weighted by Gasteiger charge is 2.45. The molecular weight excluding hydrogens is 258 g/mol. The Labute approximate surface area is 118 Å². The Morgan fingerprint density at radius 2 is 2.45 bits per heavy atom. The topological polar surface area (TPSA) is 64.6 Å². The average molecular weight is 277 g/mol. The van der Waals surface area contributed by atoms with Gasteiger partial charge in [0.2, 0.25) is 0 Å². The Balaban J connectivity index is 1.76. The van der Waals surface area contributed by atoms with E-state index < -0.39 is 0 Å². The third-order valence-corrected chi connectivity index (χ3v) is 3.98. The van der Waals surface area contributed by atoms with Crippen LogP contribution in [0.2, 0.25) is 0 Å². The van der Waals surface area contributed by atoms with Crippen molar-refractivity contribution in [1.29, 1.82) is 0 Å². The first-order valence-electron chi connectivity index (χ1n) is 7.11. The molecule has 0 bridgehead atoms. The van der Waals surface area contributed by atoms with Gasteiger partial charge in [-0.2, -0.15) is 0 Å². The van der Waals surface area contributed by atoms with Crippen molar-refractivity contribution in [2.45, 2.75) is 38.0 Å². The van der Waals surface area contributed by atoms with E-state index in [1.165, 1.54) is 6.33 Å². The standard InChI is InChI=1S/C14H19N3O3/c1-2-19-12-4-3-11-13(12)20-8-7-17(11)14(18)10-5-6-15-9-16-10/h5-6,9,11-13H,2-4,7-8H2,1H3/t11-,12-,13-/m0/s1. The molecule has 1 aromatic rings. The number of morpholine rings is 1. The average Bonchev–Trinajstić information content (AvgIpc) is 2.91. The number of aromatic nitrogens is 2. The fourth-order valence-electron chi connectivity index (χ4n) is 3.12. The molecule has 0 radical (unpaired) electrons. The Morgan fingerprint density at radius 1 is 1.55 bits per heavy atom. The molecule has 0 spiro atoms. The number of carbonyl (C=O) groups excluding carboxylic acids is 1. The summed E-state index contributed by atoms with van der Waals surface area (Å²) >= 11 is 0. The number of carbonyl (C=O) groups is 1. The monoisotopic (exact) mass is 277 g/mol. The molecule has 6 heteroatoms. The lowest BCUT2D eigenvalue weighted by Crippen LogP contribution is -2.54. The first kappa shape index (κ1) is 13.5. The second kappa shape index (κ2) is 5.85. The van der Waals surface area contributed by atoms with Crippen LogP contribution in [0.25, 0.3) is 0 Å². The molecule has 1 amide bonds. The minimum Gasteiger partial charge on any atom is -0.376 e. The number of hydrogen-bond acceptors (Lipinski definition) is 5. The van der Waals surface area contributed by atoms with E-state index in [4.69, 9.17) is 9.47 Å². The maximum atomic E-state index is 12.5. The first-order chi connectivity index (χ1) is 9.81. The summed E-state index contributed by atoms with van der Waals surface area (Å²) in [6.45, 7) is 3.83. The molecular formula is C14H19N3O3. The van der Waals surface area contributed by atoms with Gasteiger partial charge in [0.25, 0.3) is 5.91 Å². The van der Waals surface area contributed by atoms with Crippen LogP contribution in [0.4, 0.5) is 0 Å². The van der Waals surface area contributed by atoms with Crippen LogP contribution in [0, 0.1) is 0 Å². The van der Waals surface area contributed by atoms with Crippen molar-refractivity contribution in [2.75, 3.05) is 19.8 Å². The summed E-state index contributed by atoms with van der Waals surface area (Å²) in [5.41, 5.74) is 0.445. The predicted molar refractivity (Wildman–Crippen MR) is 71.2 cm³/mol. The summed E-state index contributed by atoms with van der Waals surface area (Å²) in [5, 5.41) is 0. The van der Waals surface area contributed by atoms with Crippen LogP contribution >= 0.6 is 0 Å². The van der Waals surface area contributed by atoms with Crippen molar-refractivity contribution in [3.05, 3.63) is 24.3 Å². The van der Waals surface area contributed by atoms with Crippen molar-refractivity contribution < 1.29 is 14.3 Å². The smallest absolute Gasteiger partial charge is 0.272 e. The van der Waals surface area contributed by atoms with Gasteiger partial charge in [0.05, 0.1) is 18.8 Å². The van der Waals surface area contributed by atoms with Crippen LogP contribution in [-0.2, 0) is 9.47 Å². The summed E-state index contributed by atoms with van der Waals surface area (Å²) in [6, 6.07) is 1.75. The molecule has 0 N–H and O–H groups in total. The van der Waals surface area contributed by atoms with Crippen LogP contribution in [-0.4, -0.2) is 58.8 Å². The van der Waals surface area contributed by atoms with Crippen LogP contribution in [0.1, 0.15) is 30.3 Å². The fourth-order valence-corrected chi connectivity index (χ4v) is 3.12. The zero-order valence-corrected chi connectivity index (χ0v) is 11.6. The van der Waals surface area contributed by atoms with Crippen molar-refractivity contribution in [1.82, 2.24) is 14.9 Å². The summed E-state index contributed by atoms with van der Waals surface area (Å²) < 4.78 is 11.5. The number of fused-ring (bicyclic) bond motifs is 1. The lowest BCUT2D eigenvalue weighted by atomic mass is 10.1. The lowest BCUT2D eigenvalue weighted by molar-refractivity contribution is -0.102. The van der Waals surface area contributed by atoms with E-state index in [9.17, 15) is 4.79 Å². The molecule has 2 heterocycles. The quantitative estimate of drug-likeness (QED) is 0.821. The summed E-state index contributed by atoms with van der Waals surface area (Å²) in [5.74, 6) is -0.0390. The summed E-state index contributed by atoms with van der Waals surface area (Å²) in [6.07, 6.45) is 4.96. The Bertz CT molecular complexity index is 468. The molecule has 20 heavy (non-hydrogen) atoms. The first-order valence-corrected chi connectivity index (χ1v) is 7.11. The molecule has 0 aromatic carbocycles. The highest BCUT2D eigenvalue weighted by molar-refractivity contribution is 5.92. The highest BCUT2D eigenvalue weighted by Crippen LogP contribution is 2.32. The van der Waals surface area contributed by atoms with Gasteiger partial charge in [0.15, 0.2) is 0 Å². The zero-order valence-electron chi connectivity index (χ0n) is 11.6. The molecule has 1 aliphatic carbocycles. The van der Waals surface area contributed by atoms with Gasteiger partial charge in [0.1, 0.15) is 18.1 Å². The fraction of sp³-hybridized carbons (Fsp3) is 0.643. The van der Waals surface area contributed by atoms with Crippen molar-refractivity contribution in [3.63, 3.8) is 0 Å². The molecule has 1 aliphatic heterocycles. The second-order valence-electron chi connectivity index (χ2n) is 5.07. The van der Waals surface area contributed by atoms with E-state index in [1.54, 1.807) is 12.3 Å². The van der Waals surface area contributed by atoms with E-state index in [1.807, 2.05) is 11.8 Å². The normalized spacial score (nSPS) is 29.2. The molecule has 1 saturated heterocycles. The van der Waals surface area contributed by atoms with E-state index in [0.717, 1.165) is 12.8 Å². The maximum absolute atomic E-state index is 12.5. The number of rotatable bonds is 3. The van der Waals surface area contributed by atoms with Crippen molar-refractivity contribution >= 4 is 5.91 Å². The summed E-state index contributed by atoms with van der Waals surface area (Å²) in [4.78, 5) is 22.3. The SMILES string of the molecule is CCO[C@H]1CC[C@H]2[C@@H]1OCCN2C(=O)c1ccncn1.